The summed E-state index contributed by atoms with van der Waals surface area (Å²) in [6.45, 7) is 0.209. The zero-order valence-corrected chi connectivity index (χ0v) is 11.3. The maximum Gasteiger partial charge on any atom is 0.307 e. The summed E-state index contributed by atoms with van der Waals surface area (Å²) in [5, 5.41) is 12.0. The molecule has 5 heteroatoms. The molecule has 0 heterocycles. The molecule has 2 aliphatic carbocycles. The first kappa shape index (κ1) is 13.8. The van der Waals surface area contributed by atoms with Gasteiger partial charge in [-0.15, -0.1) is 0 Å². The highest BCUT2D eigenvalue weighted by molar-refractivity contribution is 5.86. The Morgan fingerprint density at radius 3 is 2.62 bits per heavy atom. The molecule has 110 valence electrons. The van der Waals surface area contributed by atoms with Gasteiger partial charge in [-0.25, -0.2) is 4.39 Å². The molecule has 3 rings (SSSR count). The van der Waals surface area contributed by atoms with E-state index in [9.17, 15) is 19.1 Å². The van der Waals surface area contributed by atoms with E-state index in [-0.39, 0.29) is 30.1 Å². The number of carboxylic acids is 1. The number of benzene rings is 1. The van der Waals surface area contributed by atoms with Gasteiger partial charge >= 0.3 is 5.97 Å². The van der Waals surface area contributed by atoms with Gasteiger partial charge in [0.2, 0.25) is 5.91 Å². The van der Waals surface area contributed by atoms with Gasteiger partial charge in [0, 0.05) is 6.54 Å². The fourth-order valence-corrected chi connectivity index (χ4v) is 3.47. The van der Waals surface area contributed by atoms with Crippen molar-refractivity contribution in [3.05, 3.63) is 47.8 Å². The van der Waals surface area contributed by atoms with E-state index in [0.717, 1.165) is 6.42 Å². The van der Waals surface area contributed by atoms with E-state index < -0.39 is 17.8 Å². The molecule has 1 amide bonds. The van der Waals surface area contributed by atoms with Crippen LogP contribution in [0.3, 0.4) is 0 Å². The Bertz CT molecular complexity index is 613. The van der Waals surface area contributed by atoms with E-state index in [1.165, 1.54) is 12.1 Å². The maximum atomic E-state index is 13.1. The van der Waals surface area contributed by atoms with Gasteiger partial charge in [0.1, 0.15) is 5.82 Å². The summed E-state index contributed by atoms with van der Waals surface area (Å²) in [4.78, 5) is 23.7. The van der Waals surface area contributed by atoms with E-state index in [4.69, 9.17) is 0 Å². The quantitative estimate of drug-likeness (QED) is 0.833. The lowest BCUT2D eigenvalue weighted by Crippen LogP contribution is -2.39. The fourth-order valence-electron chi connectivity index (χ4n) is 3.47. The van der Waals surface area contributed by atoms with E-state index in [2.05, 4.69) is 5.32 Å². The molecule has 0 aromatic heterocycles. The predicted molar refractivity (Wildman–Crippen MR) is 73.6 cm³/mol. The second-order valence-electron chi connectivity index (χ2n) is 5.69. The van der Waals surface area contributed by atoms with Crippen molar-refractivity contribution in [3.63, 3.8) is 0 Å². The third-order valence-electron chi connectivity index (χ3n) is 4.40. The van der Waals surface area contributed by atoms with Crippen LogP contribution in [0, 0.1) is 29.5 Å². The molecular weight excluding hydrogens is 273 g/mol. The fraction of sp³-hybridized carbons (Fsp3) is 0.375. The summed E-state index contributed by atoms with van der Waals surface area (Å²) in [6, 6.07) is 6.00. The van der Waals surface area contributed by atoms with Crippen LogP contribution in [-0.2, 0) is 16.1 Å². The SMILES string of the molecule is O=C(O)[C@@H]1C2C=CC(C2)[C@@H]1C(=O)NCc1cccc(F)c1. The number of amides is 1. The number of carboxylic acid groups (broad SMARTS) is 1. The van der Waals surface area contributed by atoms with Crippen LogP contribution in [0.15, 0.2) is 36.4 Å². The average Bonchev–Trinajstić information content (AvgIpc) is 3.05. The third kappa shape index (κ3) is 2.55. The van der Waals surface area contributed by atoms with Crippen LogP contribution in [0.4, 0.5) is 4.39 Å². The molecular formula is C16H16FNO3. The van der Waals surface area contributed by atoms with E-state index in [1.807, 2.05) is 12.2 Å². The average molecular weight is 289 g/mol. The van der Waals surface area contributed by atoms with Crippen molar-refractivity contribution in [1.82, 2.24) is 5.32 Å². The number of hydrogen-bond acceptors (Lipinski definition) is 2. The monoisotopic (exact) mass is 289 g/mol. The zero-order valence-electron chi connectivity index (χ0n) is 11.3. The smallest absolute Gasteiger partial charge is 0.307 e. The van der Waals surface area contributed by atoms with Gasteiger partial charge in [-0.3, -0.25) is 9.59 Å². The molecule has 4 nitrogen and oxygen atoms in total. The Kier molecular flexibility index (Phi) is 3.49. The highest BCUT2D eigenvalue weighted by Crippen LogP contribution is 2.48. The lowest BCUT2D eigenvalue weighted by atomic mass is 9.82. The summed E-state index contributed by atoms with van der Waals surface area (Å²) < 4.78 is 13.1. The first-order valence-corrected chi connectivity index (χ1v) is 6.99. The van der Waals surface area contributed by atoms with Crippen molar-refractivity contribution in [2.24, 2.45) is 23.7 Å². The van der Waals surface area contributed by atoms with Gasteiger partial charge < -0.3 is 10.4 Å². The predicted octanol–water partition coefficient (Wildman–Crippen LogP) is 1.96. The number of aliphatic carboxylic acids is 1. The van der Waals surface area contributed by atoms with Gasteiger partial charge in [-0.1, -0.05) is 24.3 Å². The summed E-state index contributed by atoms with van der Waals surface area (Å²) >= 11 is 0. The molecule has 21 heavy (non-hydrogen) atoms. The third-order valence-corrected chi connectivity index (χ3v) is 4.40. The molecule has 1 aromatic carbocycles. The Morgan fingerprint density at radius 1 is 1.24 bits per heavy atom. The molecule has 2 aliphatic rings. The van der Waals surface area contributed by atoms with Gasteiger partial charge in [-0.05, 0) is 36.0 Å². The van der Waals surface area contributed by atoms with Crippen molar-refractivity contribution in [1.29, 1.82) is 0 Å². The summed E-state index contributed by atoms with van der Waals surface area (Å²) in [5.41, 5.74) is 0.661. The molecule has 2 unspecified atom stereocenters. The molecule has 0 saturated heterocycles. The van der Waals surface area contributed by atoms with Gasteiger partial charge in [-0.2, -0.15) is 0 Å². The number of fused-ring (bicyclic) bond motifs is 2. The molecule has 0 aliphatic heterocycles. The van der Waals surface area contributed by atoms with Crippen LogP contribution in [0.5, 0.6) is 0 Å². The van der Waals surface area contributed by atoms with Crippen molar-refractivity contribution in [2.45, 2.75) is 13.0 Å². The molecule has 1 fully saturated rings. The van der Waals surface area contributed by atoms with Crippen LogP contribution < -0.4 is 5.32 Å². The number of hydrogen-bond donors (Lipinski definition) is 2. The highest BCUT2D eigenvalue weighted by Gasteiger charge is 2.51. The number of halogens is 1. The van der Waals surface area contributed by atoms with Crippen molar-refractivity contribution >= 4 is 11.9 Å². The Balaban J connectivity index is 1.68. The molecule has 1 aromatic rings. The summed E-state index contributed by atoms with van der Waals surface area (Å²) in [7, 11) is 0. The number of carbonyl (C=O) groups is 2. The second-order valence-corrected chi connectivity index (χ2v) is 5.69. The lowest BCUT2D eigenvalue weighted by Gasteiger charge is -2.23. The van der Waals surface area contributed by atoms with Crippen molar-refractivity contribution in [2.75, 3.05) is 0 Å². The minimum absolute atomic E-state index is 0.00334. The minimum atomic E-state index is -0.919. The van der Waals surface area contributed by atoms with Crippen LogP contribution >= 0.6 is 0 Å². The molecule has 1 saturated carbocycles. The zero-order chi connectivity index (χ0) is 15.0. The van der Waals surface area contributed by atoms with Crippen LogP contribution in [0.25, 0.3) is 0 Å². The van der Waals surface area contributed by atoms with Crippen molar-refractivity contribution < 1.29 is 19.1 Å². The van der Waals surface area contributed by atoms with Crippen LogP contribution in [-0.4, -0.2) is 17.0 Å². The maximum absolute atomic E-state index is 13.1. The van der Waals surface area contributed by atoms with Gasteiger partial charge in [0.15, 0.2) is 0 Å². The minimum Gasteiger partial charge on any atom is -0.481 e. The van der Waals surface area contributed by atoms with Crippen molar-refractivity contribution in [3.8, 4) is 0 Å². The Hall–Kier alpha value is -2.17. The largest absolute Gasteiger partial charge is 0.481 e. The molecule has 0 radical (unpaired) electrons. The Labute approximate surface area is 121 Å². The standard InChI is InChI=1S/C16H16FNO3/c17-12-3-1-2-9(6-12)8-18-15(19)13-10-4-5-11(7-10)14(13)16(20)21/h1-6,10-11,13-14H,7-8H2,(H,18,19)(H,20,21)/t10?,11?,13-,14+/m0/s1. The number of rotatable bonds is 4. The molecule has 2 N–H and O–H groups in total. The normalized spacial score (nSPS) is 29.6. The molecule has 2 bridgehead atoms. The first-order chi connectivity index (χ1) is 10.1. The highest BCUT2D eigenvalue weighted by atomic mass is 19.1. The number of carbonyl (C=O) groups excluding carboxylic acids is 1. The summed E-state index contributed by atoms with van der Waals surface area (Å²) in [5.74, 6) is -2.74. The molecule has 0 spiro atoms. The van der Waals surface area contributed by atoms with E-state index >= 15 is 0 Å². The van der Waals surface area contributed by atoms with Crippen LogP contribution in [0.2, 0.25) is 0 Å². The van der Waals surface area contributed by atoms with Gasteiger partial charge in [0.25, 0.3) is 0 Å². The van der Waals surface area contributed by atoms with Gasteiger partial charge in [0.05, 0.1) is 11.8 Å². The lowest BCUT2D eigenvalue weighted by molar-refractivity contribution is -0.147. The topological polar surface area (TPSA) is 66.4 Å². The number of nitrogens with one attached hydrogen (secondary N) is 1. The first-order valence-electron chi connectivity index (χ1n) is 6.99. The Morgan fingerprint density at radius 2 is 1.95 bits per heavy atom. The number of allylic oxidation sites excluding steroid dienone is 2. The molecule has 4 atom stereocenters. The second kappa shape index (κ2) is 5.31. The van der Waals surface area contributed by atoms with E-state index in [0.29, 0.717) is 5.56 Å². The van der Waals surface area contributed by atoms with E-state index in [1.54, 1.807) is 12.1 Å². The van der Waals surface area contributed by atoms with Crippen LogP contribution in [0.1, 0.15) is 12.0 Å². The summed E-state index contributed by atoms with van der Waals surface area (Å²) in [6.07, 6.45) is 4.57.